The van der Waals surface area contributed by atoms with Crippen LogP contribution in [0.25, 0.3) is 0 Å². The van der Waals surface area contributed by atoms with Crippen LogP contribution in [0.5, 0.6) is 0 Å². The second kappa shape index (κ2) is 48.1. The molecule has 0 spiro atoms. The van der Waals surface area contributed by atoms with E-state index < -0.39 is 91.7 Å². The molecule has 12 unspecified atom stereocenters. The fourth-order valence-electron chi connectivity index (χ4n) is 20.8. The zero-order chi connectivity index (χ0) is 96.1. The zero-order valence-corrected chi connectivity index (χ0v) is 79.5. The number of hydrogen-bond acceptors (Lipinski definition) is 16. The Bertz CT molecular complexity index is 5080. The van der Waals surface area contributed by atoms with Crippen molar-refractivity contribution in [2.24, 2.45) is 74.9 Å². The summed E-state index contributed by atoms with van der Waals surface area (Å²) in [5.41, 5.74) is 21.2. The van der Waals surface area contributed by atoms with Gasteiger partial charge in [-0.1, -0.05) is 153 Å². The molecule has 7 N–H and O–H groups in total. The van der Waals surface area contributed by atoms with Crippen molar-refractivity contribution in [2.45, 2.75) is 175 Å². The molecule has 6 aliphatic rings. The van der Waals surface area contributed by atoms with E-state index >= 15 is 13.2 Å². The molecule has 12 rings (SSSR count). The number of rotatable bonds is 39. The lowest BCUT2D eigenvalue weighted by molar-refractivity contribution is -0.142. The first kappa shape index (κ1) is 105. The fourth-order valence-corrected chi connectivity index (χ4v) is 24.0. The van der Waals surface area contributed by atoms with Gasteiger partial charge in [-0.25, -0.2) is 26.3 Å². The van der Waals surface area contributed by atoms with Gasteiger partial charge in [0.15, 0.2) is 0 Å². The molecule has 21 nitrogen and oxygen atoms in total. The number of carbonyl (C=O) groups excluding carboxylic acids is 9. The Labute approximate surface area is 781 Å². The smallest absolute Gasteiger partial charge is 0.254 e. The van der Waals surface area contributed by atoms with Crippen LogP contribution in [0, 0.1) is 92.6 Å². The third-order valence-corrected chi connectivity index (χ3v) is 29.9. The maximum absolute atomic E-state index is 15.1. The second-order valence-electron chi connectivity index (χ2n) is 38.9. The van der Waals surface area contributed by atoms with E-state index in [0.29, 0.717) is 113 Å². The Balaban J connectivity index is 0.000000205. The van der Waals surface area contributed by atoms with E-state index in [9.17, 15) is 69.8 Å². The molecule has 3 fully saturated rings. The number of aliphatic hydroxyl groups is 1. The molecular weight excluding hydrogens is 1750 g/mol. The molecule has 3 heterocycles. The van der Waals surface area contributed by atoms with Gasteiger partial charge in [0, 0.05) is 103 Å². The lowest BCUT2D eigenvalue weighted by atomic mass is 9.72. The maximum Gasteiger partial charge on any atom is 0.254 e. The molecule has 0 bridgehead atoms. The lowest BCUT2D eigenvalue weighted by Crippen LogP contribution is -2.55. The third kappa shape index (κ3) is 28.3. The van der Waals surface area contributed by atoms with Crippen LogP contribution in [0.2, 0.25) is 0 Å². The molecule has 0 aromatic heterocycles. The summed E-state index contributed by atoms with van der Waals surface area (Å²) in [6.07, 6.45) is 14.4. The summed E-state index contributed by atoms with van der Waals surface area (Å²) in [6.45, 7) is 20.1. The predicted molar refractivity (Wildman–Crippen MR) is 504 cm³/mol. The van der Waals surface area contributed by atoms with Crippen LogP contribution in [0.15, 0.2) is 182 Å². The minimum absolute atomic E-state index is 0.0345. The van der Waals surface area contributed by atoms with Crippen LogP contribution in [-0.2, 0) is 84.0 Å². The van der Waals surface area contributed by atoms with Crippen molar-refractivity contribution in [1.82, 2.24) is 29.4 Å². The highest BCUT2D eigenvalue weighted by atomic mass is 32.2. The quantitative estimate of drug-likeness (QED) is 0.0206. The molecule has 0 saturated heterocycles. The number of hydrogen-bond donors (Lipinski definition) is 4. The van der Waals surface area contributed by atoms with Gasteiger partial charge in [0.25, 0.3) is 35.4 Å². The summed E-state index contributed by atoms with van der Waals surface area (Å²) in [5, 5.41) is 10.1. The highest BCUT2D eigenvalue weighted by Gasteiger charge is 2.52. The molecule has 15 atom stereocenters. The number of benzene rings is 6. The molecule has 3 saturated carbocycles. The number of carbonyl (C=O) groups is 9. The Morgan fingerprint density at radius 3 is 1.11 bits per heavy atom. The van der Waals surface area contributed by atoms with Crippen LogP contribution < -0.4 is 17.2 Å². The van der Waals surface area contributed by atoms with Gasteiger partial charge in [-0.05, 0) is 260 Å². The average molecular weight is 1880 g/mol. The zero-order valence-electron chi connectivity index (χ0n) is 77.1. The molecule has 132 heavy (non-hydrogen) atoms. The van der Waals surface area contributed by atoms with Crippen molar-refractivity contribution < 1.29 is 83.0 Å². The number of halogens is 6. The largest absolute Gasteiger partial charge is 0.387 e. The van der Waals surface area contributed by atoms with Gasteiger partial charge in [-0.2, -0.15) is 0 Å². The first-order valence-electron chi connectivity index (χ1n) is 45.6. The SMILES string of the molecule is CC(C)(C)[C@H](C1CC(c2cc(F)ccc2F)CC1Cc1ccccc1)N(CC(CN)CSCN1C(=O)C=CC1=O)C(=O)CO.CC(C)(C)[C@H](C1CC(c2cc(F)ccc2F)CC1Cc1ccccc1)N(CCCN)C(=O)CS(=O)CCCN1C(=O)C=CC1=O.CC(C)(C)[C@H](C1CC(c2cc(F)ccc2F)CC1Cc1ccccc1)N(CCCN)C(=O)CS(=O)CN1C(=O)C=CC1=O. The summed E-state index contributed by atoms with van der Waals surface area (Å²) in [5.74, 6) is -7.21. The Hall–Kier alpha value is -9.56. The van der Waals surface area contributed by atoms with E-state index in [-0.39, 0.29) is 167 Å². The molecule has 3 aliphatic carbocycles. The molecule has 6 aromatic rings. The monoisotopic (exact) mass is 1880 g/mol. The topological polar surface area (TPSA) is 306 Å². The summed E-state index contributed by atoms with van der Waals surface area (Å²) in [4.78, 5) is 122. The number of amides is 9. The van der Waals surface area contributed by atoms with Crippen LogP contribution >= 0.6 is 11.8 Å². The van der Waals surface area contributed by atoms with E-state index in [1.54, 1.807) is 9.80 Å². The summed E-state index contributed by atoms with van der Waals surface area (Å²) in [7, 11) is -3.31. The van der Waals surface area contributed by atoms with Crippen LogP contribution in [-0.4, -0.2) is 201 Å². The van der Waals surface area contributed by atoms with Gasteiger partial charge >= 0.3 is 0 Å². The van der Waals surface area contributed by atoms with E-state index in [4.69, 9.17) is 17.2 Å². The van der Waals surface area contributed by atoms with Crippen molar-refractivity contribution in [2.75, 3.05) is 87.2 Å². The highest BCUT2D eigenvalue weighted by molar-refractivity contribution is 7.99. The van der Waals surface area contributed by atoms with E-state index in [0.717, 1.165) is 74.6 Å². The number of imide groups is 3. The predicted octanol–water partition coefficient (Wildman–Crippen LogP) is 14.3. The van der Waals surface area contributed by atoms with Crippen molar-refractivity contribution in [3.63, 3.8) is 0 Å². The number of nitrogens with zero attached hydrogens (tertiary/aromatic N) is 6. The minimum atomic E-state index is -1.80. The number of nitrogens with two attached hydrogens (primary N) is 3. The lowest BCUT2D eigenvalue weighted by Gasteiger charge is -2.46. The van der Waals surface area contributed by atoms with Crippen LogP contribution in [0.4, 0.5) is 26.3 Å². The van der Waals surface area contributed by atoms with Crippen molar-refractivity contribution in [3.05, 3.63) is 250 Å². The molecule has 30 heteroatoms. The minimum Gasteiger partial charge on any atom is -0.387 e. The van der Waals surface area contributed by atoms with Gasteiger partial charge in [0.05, 0.1) is 16.7 Å². The highest BCUT2D eigenvalue weighted by Crippen LogP contribution is 2.54. The van der Waals surface area contributed by atoms with Crippen molar-refractivity contribution >= 4 is 86.5 Å². The summed E-state index contributed by atoms with van der Waals surface area (Å²) >= 11 is 1.39. The average Bonchev–Trinajstić information content (AvgIpc) is 1.53. The van der Waals surface area contributed by atoms with Gasteiger partial charge in [0.1, 0.15) is 58.9 Å². The maximum atomic E-state index is 15.1. The van der Waals surface area contributed by atoms with Gasteiger partial charge in [-0.15, -0.1) is 11.8 Å². The summed E-state index contributed by atoms with van der Waals surface area (Å²) in [6, 6.07) is 40.0. The molecule has 3 aliphatic heterocycles. The molecule has 0 radical (unpaired) electrons. The molecule has 6 aromatic carbocycles. The van der Waals surface area contributed by atoms with Crippen molar-refractivity contribution in [3.8, 4) is 0 Å². The summed E-state index contributed by atoms with van der Waals surface area (Å²) < 4.78 is 114. The van der Waals surface area contributed by atoms with Gasteiger partial charge in [-0.3, -0.25) is 66.3 Å². The van der Waals surface area contributed by atoms with E-state index in [1.165, 1.54) is 72.5 Å². The normalized spacial score (nSPS) is 21.6. The number of aliphatic hydroxyl groups excluding tert-OH is 1. The Morgan fingerprint density at radius 2 is 0.773 bits per heavy atom. The van der Waals surface area contributed by atoms with Gasteiger partial charge < -0.3 is 37.0 Å². The fraction of sp³-hybridized carbons (Fsp3) is 0.500. The van der Waals surface area contributed by atoms with Crippen LogP contribution in [0.3, 0.4) is 0 Å². The Kier molecular flexibility index (Phi) is 38.1. The molecule has 714 valence electrons. The third-order valence-electron chi connectivity index (χ3n) is 26.3. The molecular formula is C102H129F6N9O12S3. The second-order valence-corrected chi connectivity index (χ2v) is 42.9. The van der Waals surface area contributed by atoms with E-state index in [2.05, 4.69) is 98.7 Å². The number of thioether (sulfide) groups is 1. The van der Waals surface area contributed by atoms with Gasteiger partial charge in [0.2, 0.25) is 17.7 Å². The van der Waals surface area contributed by atoms with E-state index in [1.807, 2.05) is 59.5 Å². The Morgan fingerprint density at radius 1 is 0.439 bits per heavy atom. The standard InChI is InChI=1S/C35H45F2N3O4S.C34H43F2N3O4S.C33H41F2N3O4S/c1-35(2,3)34(40(16-7-15-38)33(43)23-45(44)18-8-17-39-31(41)13-14-32(39)42)29-21-26(28-22-27(36)11-12-30(28)37)20-25(29)19-24-9-5-4-6-10-24;1-34(2,3)33(38(32(43)19-40)18-23(17-37)20-44-21-39-30(41)11-12-31(39)42)28-15-25(27-16-26(35)9-10-29(27)36)14-24(28)13-22-7-5-4-6-8-22;1-33(2,3)32(37(15-7-14-36)31(41)20-43(42)21-38-29(39)12-13-30(38)40)27-18-24(26-19-25(34)10-11-28(26)35)17-23(27)16-22-8-5-4-6-9-22/h4-6,9-14,22,25-26,29,34H,7-8,15-21,23,38H2,1-3H3;4-12,16,23-25,28,33,40H,13-15,17-21,37H2,1-3H3;4-6,8-13,19,23-24,27,32H,7,14-18,20-21,36H2,1-3H3/t25?,26?,29?,34-,45?;23?,24?,25?,28?,33-;23?,24?,27?,32-,43?/m000/s1. The first-order chi connectivity index (χ1) is 62.7. The van der Waals surface area contributed by atoms with Crippen molar-refractivity contribution in [1.29, 1.82) is 0 Å². The molecule has 9 amide bonds. The first-order valence-corrected chi connectivity index (χ1v) is 49.8. The van der Waals surface area contributed by atoms with Crippen LogP contribution in [0.1, 0.15) is 171 Å².